The minimum atomic E-state index is 0.533. The van der Waals surface area contributed by atoms with Gasteiger partial charge < -0.3 is 0 Å². The zero-order valence-corrected chi connectivity index (χ0v) is 11.8. The second kappa shape index (κ2) is 5.13. The molecule has 2 aromatic rings. The van der Waals surface area contributed by atoms with Crippen molar-refractivity contribution in [2.45, 2.75) is 50.5 Å². The lowest BCUT2D eigenvalue weighted by Crippen LogP contribution is -2.40. The van der Waals surface area contributed by atoms with Gasteiger partial charge in [0.05, 0.1) is 5.69 Å². The van der Waals surface area contributed by atoms with Crippen LogP contribution in [0.5, 0.6) is 0 Å². The highest BCUT2D eigenvalue weighted by Gasteiger charge is 2.30. The van der Waals surface area contributed by atoms with Crippen LogP contribution in [0.15, 0.2) is 12.4 Å². The van der Waals surface area contributed by atoms with Gasteiger partial charge in [-0.2, -0.15) is 5.10 Å². The molecule has 2 fully saturated rings. The third kappa shape index (κ3) is 2.10. The first-order valence-electron chi connectivity index (χ1n) is 7.81. The van der Waals surface area contributed by atoms with Crippen molar-refractivity contribution in [1.82, 2.24) is 25.1 Å². The number of rotatable bonds is 2. The van der Waals surface area contributed by atoms with Gasteiger partial charge in [-0.15, -0.1) is 0 Å². The van der Waals surface area contributed by atoms with Crippen LogP contribution in [0.1, 0.15) is 50.1 Å². The summed E-state index contributed by atoms with van der Waals surface area (Å²) in [5.74, 6) is 0.533. The summed E-state index contributed by atoms with van der Waals surface area (Å²) < 4.78 is 0. The van der Waals surface area contributed by atoms with Crippen LogP contribution in [-0.4, -0.2) is 44.2 Å². The molecule has 1 aliphatic carbocycles. The number of likely N-dealkylation sites (tertiary alicyclic amines) is 1. The van der Waals surface area contributed by atoms with Crippen molar-refractivity contribution in [3.63, 3.8) is 0 Å². The summed E-state index contributed by atoms with van der Waals surface area (Å²) in [5, 5.41) is 7.49. The Kier molecular flexibility index (Phi) is 3.14. The molecule has 1 N–H and O–H groups in total. The molecule has 5 nitrogen and oxygen atoms in total. The third-order valence-electron chi connectivity index (χ3n) is 4.92. The Morgan fingerprint density at radius 3 is 2.80 bits per heavy atom. The summed E-state index contributed by atoms with van der Waals surface area (Å²) in [5.41, 5.74) is 2.90. The van der Waals surface area contributed by atoms with Crippen molar-refractivity contribution in [2.75, 3.05) is 13.1 Å². The Bertz CT molecular complexity index is 587. The number of fused-ring (bicyclic) bond motifs is 1. The molecule has 1 saturated carbocycles. The summed E-state index contributed by atoms with van der Waals surface area (Å²) in [6.45, 7) is 2.41. The van der Waals surface area contributed by atoms with Gasteiger partial charge in [0.15, 0.2) is 5.65 Å². The maximum atomic E-state index is 4.46. The number of nitrogens with zero attached hydrogens (tertiary/aromatic N) is 4. The number of nitrogens with one attached hydrogen (secondary N) is 1. The first-order valence-corrected chi connectivity index (χ1v) is 7.81. The highest BCUT2D eigenvalue weighted by molar-refractivity contribution is 5.72. The van der Waals surface area contributed by atoms with Crippen molar-refractivity contribution in [2.24, 2.45) is 0 Å². The molecule has 3 heterocycles. The lowest BCUT2D eigenvalue weighted by atomic mass is 9.93. The van der Waals surface area contributed by atoms with Gasteiger partial charge >= 0.3 is 0 Å². The molecule has 1 aliphatic heterocycles. The standard InChI is InChI=1S/C15H21N5/c1-2-6-12(5-1)20-9-3-4-11(10-20)13-14-15(19-18-13)17-8-7-16-14/h7-8,11-12H,1-6,9-10H2,(H,17,18,19). The first kappa shape index (κ1) is 12.3. The number of H-pyrrole nitrogens is 1. The number of hydrogen-bond donors (Lipinski definition) is 1. The molecule has 2 aliphatic rings. The maximum Gasteiger partial charge on any atom is 0.199 e. The predicted octanol–water partition coefficient (Wildman–Crippen LogP) is 2.47. The van der Waals surface area contributed by atoms with Crippen LogP contribution in [-0.2, 0) is 0 Å². The Morgan fingerprint density at radius 2 is 1.90 bits per heavy atom. The van der Waals surface area contributed by atoms with E-state index >= 15 is 0 Å². The average molecular weight is 271 g/mol. The molecule has 106 valence electrons. The highest BCUT2D eigenvalue weighted by atomic mass is 15.2. The zero-order chi connectivity index (χ0) is 13.4. The van der Waals surface area contributed by atoms with Crippen LogP contribution in [0, 0.1) is 0 Å². The molecule has 0 aromatic carbocycles. The van der Waals surface area contributed by atoms with Crippen molar-refractivity contribution in [3.8, 4) is 0 Å². The van der Waals surface area contributed by atoms with Gasteiger partial charge in [0, 0.05) is 30.9 Å². The smallest absolute Gasteiger partial charge is 0.199 e. The summed E-state index contributed by atoms with van der Waals surface area (Å²) >= 11 is 0. The topological polar surface area (TPSA) is 57.7 Å². The van der Waals surface area contributed by atoms with Gasteiger partial charge in [-0.05, 0) is 32.2 Å². The minimum absolute atomic E-state index is 0.533. The molecular formula is C15H21N5. The highest BCUT2D eigenvalue weighted by Crippen LogP contribution is 2.33. The molecule has 0 spiro atoms. The fraction of sp³-hybridized carbons (Fsp3) is 0.667. The molecule has 4 rings (SSSR count). The van der Waals surface area contributed by atoms with Crippen molar-refractivity contribution in [1.29, 1.82) is 0 Å². The molecule has 1 saturated heterocycles. The average Bonchev–Trinajstić information content (AvgIpc) is 3.17. The second-order valence-electron chi connectivity index (χ2n) is 6.14. The van der Waals surface area contributed by atoms with Crippen LogP contribution in [0.3, 0.4) is 0 Å². The summed E-state index contributed by atoms with van der Waals surface area (Å²) in [6, 6.07) is 0.818. The molecule has 2 aromatic heterocycles. The molecule has 0 radical (unpaired) electrons. The largest absolute Gasteiger partial charge is 0.300 e. The molecular weight excluding hydrogens is 250 g/mol. The monoisotopic (exact) mass is 271 g/mol. The van der Waals surface area contributed by atoms with Gasteiger partial charge in [0.2, 0.25) is 0 Å². The fourth-order valence-electron chi connectivity index (χ4n) is 3.90. The molecule has 0 amide bonds. The quantitative estimate of drug-likeness (QED) is 0.911. The Balaban J connectivity index is 1.58. The molecule has 1 atom stereocenters. The van der Waals surface area contributed by atoms with E-state index in [0.29, 0.717) is 5.92 Å². The first-order chi connectivity index (χ1) is 9.92. The lowest BCUT2D eigenvalue weighted by Gasteiger charge is -2.36. The van der Waals surface area contributed by atoms with E-state index in [1.165, 1.54) is 50.8 Å². The maximum absolute atomic E-state index is 4.46. The van der Waals surface area contributed by atoms with E-state index in [4.69, 9.17) is 0 Å². The Morgan fingerprint density at radius 1 is 1.05 bits per heavy atom. The molecule has 5 heteroatoms. The van der Waals surface area contributed by atoms with E-state index in [9.17, 15) is 0 Å². The third-order valence-corrected chi connectivity index (χ3v) is 4.92. The van der Waals surface area contributed by atoms with Crippen molar-refractivity contribution < 1.29 is 0 Å². The number of aromatic amines is 1. The van der Waals surface area contributed by atoms with E-state index < -0.39 is 0 Å². The summed E-state index contributed by atoms with van der Waals surface area (Å²) in [4.78, 5) is 11.4. The Labute approximate surface area is 118 Å². The van der Waals surface area contributed by atoms with Crippen molar-refractivity contribution >= 4 is 11.2 Å². The molecule has 20 heavy (non-hydrogen) atoms. The minimum Gasteiger partial charge on any atom is -0.300 e. The van der Waals surface area contributed by atoms with Gasteiger partial charge in [-0.1, -0.05) is 12.8 Å². The predicted molar refractivity (Wildman–Crippen MR) is 77.5 cm³/mol. The van der Waals surface area contributed by atoms with Crippen LogP contribution in [0.25, 0.3) is 11.2 Å². The van der Waals surface area contributed by atoms with E-state index in [2.05, 4.69) is 25.1 Å². The molecule has 0 bridgehead atoms. The number of hydrogen-bond acceptors (Lipinski definition) is 4. The van der Waals surface area contributed by atoms with E-state index in [-0.39, 0.29) is 0 Å². The van der Waals surface area contributed by atoms with Crippen molar-refractivity contribution in [3.05, 3.63) is 18.1 Å². The molecule has 1 unspecified atom stereocenters. The van der Waals surface area contributed by atoms with E-state index in [0.717, 1.165) is 23.8 Å². The van der Waals surface area contributed by atoms with Crippen LogP contribution < -0.4 is 0 Å². The van der Waals surface area contributed by atoms with Gasteiger partial charge in [0.25, 0.3) is 0 Å². The summed E-state index contributed by atoms with van der Waals surface area (Å²) in [6.07, 6.45) is 11.6. The van der Waals surface area contributed by atoms with Gasteiger partial charge in [0.1, 0.15) is 5.52 Å². The van der Waals surface area contributed by atoms with Crippen LogP contribution >= 0.6 is 0 Å². The number of piperidine rings is 1. The fourth-order valence-corrected chi connectivity index (χ4v) is 3.90. The van der Waals surface area contributed by atoms with Gasteiger partial charge in [-0.3, -0.25) is 10.00 Å². The zero-order valence-electron chi connectivity index (χ0n) is 11.8. The lowest BCUT2D eigenvalue weighted by molar-refractivity contribution is 0.149. The van der Waals surface area contributed by atoms with Crippen LogP contribution in [0.4, 0.5) is 0 Å². The summed E-state index contributed by atoms with van der Waals surface area (Å²) in [7, 11) is 0. The van der Waals surface area contributed by atoms with Gasteiger partial charge in [-0.25, -0.2) is 9.97 Å². The van der Waals surface area contributed by atoms with E-state index in [1.54, 1.807) is 12.4 Å². The van der Waals surface area contributed by atoms with Crippen LogP contribution in [0.2, 0.25) is 0 Å². The Hall–Kier alpha value is -1.49. The second-order valence-corrected chi connectivity index (χ2v) is 6.14. The SMILES string of the molecule is c1cnc2c(C3CCCN(C4CCCC4)C3)[nH]nc2n1. The normalized spacial score (nSPS) is 25.5. The van der Waals surface area contributed by atoms with E-state index in [1.807, 2.05) is 0 Å². The number of aromatic nitrogens is 4.